The van der Waals surface area contributed by atoms with Crippen LogP contribution in [0.5, 0.6) is 0 Å². The lowest BCUT2D eigenvalue weighted by molar-refractivity contribution is 1.39. The maximum Gasteiger partial charge on any atom is 0.125 e. The van der Waals surface area contributed by atoms with Crippen LogP contribution in [0.2, 0.25) is 0 Å². The smallest absolute Gasteiger partial charge is 0.125 e. The minimum atomic E-state index is 0. The van der Waals surface area contributed by atoms with Gasteiger partial charge >= 0.3 is 0 Å². The van der Waals surface area contributed by atoms with E-state index in [1.807, 2.05) is 30.3 Å². The van der Waals surface area contributed by atoms with Crippen LogP contribution >= 0.6 is 24.8 Å². The molecule has 0 saturated carbocycles. The third-order valence-corrected chi connectivity index (χ3v) is 1.31. The second-order valence-electron chi connectivity index (χ2n) is 1.97. The standard InChI is InChI=1S/C8H10N2.2ClH/c1-10-8(9)7-5-3-2-4-6-7;;/h2-6H,1H3,(H2,9,10);2*1H. The molecular weight excluding hydrogens is 195 g/mol. The zero-order chi connectivity index (χ0) is 7.40. The van der Waals surface area contributed by atoms with Crippen molar-refractivity contribution in [1.82, 2.24) is 0 Å². The zero-order valence-corrected chi connectivity index (χ0v) is 8.36. The lowest BCUT2D eigenvalue weighted by atomic mass is 10.2. The molecule has 0 bridgehead atoms. The molecule has 0 saturated heterocycles. The first kappa shape index (κ1) is 13.8. The fourth-order valence-electron chi connectivity index (χ4n) is 0.738. The van der Waals surface area contributed by atoms with Gasteiger partial charge in [0.1, 0.15) is 5.84 Å². The van der Waals surface area contributed by atoms with E-state index in [1.165, 1.54) is 0 Å². The summed E-state index contributed by atoms with van der Waals surface area (Å²) in [5, 5.41) is 0. The summed E-state index contributed by atoms with van der Waals surface area (Å²) in [6.45, 7) is 0. The largest absolute Gasteiger partial charge is 0.384 e. The number of amidine groups is 1. The number of hydrogen-bond acceptors (Lipinski definition) is 1. The summed E-state index contributed by atoms with van der Waals surface area (Å²) >= 11 is 0. The van der Waals surface area contributed by atoms with Crippen molar-refractivity contribution in [3.8, 4) is 0 Å². The maximum atomic E-state index is 5.54. The number of hydrogen-bond donors (Lipinski definition) is 1. The molecule has 0 unspecified atom stereocenters. The Morgan fingerprint density at radius 3 is 2.08 bits per heavy atom. The molecule has 0 radical (unpaired) electrons. The molecule has 0 aliphatic heterocycles. The fraction of sp³-hybridized carbons (Fsp3) is 0.125. The van der Waals surface area contributed by atoms with Gasteiger partial charge in [-0.1, -0.05) is 30.3 Å². The van der Waals surface area contributed by atoms with Gasteiger partial charge in [-0.25, -0.2) is 0 Å². The van der Waals surface area contributed by atoms with E-state index in [2.05, 4.69) is 4.99 Å². The van der Waals surface area contributed by atoms with Gasteiger partial charge in [0, 0.05) is 12.6 Å². The second kappa shape index (κ2) is 6.95. The van der Waals surface area contributed by atoms with Gasteiger partial charge < -0.3 is 5.73 Å². The number of halogens is 2. The van der Waals surface area contributed by atoms with E-state index in [1.54, 1.807) is 7.05 Å². The first-order valence-electron chi connectivity index (χ1n) is 3.12. The number of nitrogens with two attached hydrogens (primary N) is 1. The van der Waals surface area contributed by atoms with Gasteiger partial charge in [-0.2, -0.15) is 0 Å². The molecule has 1 rings (SSSR count). The monoisotopic (exact) mass is 206 g/mol. The lowest BCUT2D eigenvalue weighted by Gasteiger charge is -1.95. The highest BCUT2D eigenvalue weighted by Gasteiger charge is 1.91. The van der Waals surface area contributed by atoms with Crippen LogP contribution in [0.15, 0.2) is 35.3 Å². The van der Waals surface area contributed by atoms with Gasteiger partial charge in [-0.05, 0) is 0 Å². The Bertz CT molecular complexity index is 234. The van der Waals surface area contributed by atoms with Crippen molar-refractivity contribution in [1.29, 1.82) is 0 Å². The SMILES string of the molecule is CN=C(N)c1ccccc1.Cl.Cl. The van der Waals surface area contributed by atoms with Crippen LogP contribution in [-0.2, 0) is 0 Å². The number of benzene rings is 1. The summed E-state index contributed by atoms with van der Waals surface area (Å²) in [5.74, 6) is 0.584. The fourth-order valence-corrected chi connectivity index (χ4v) is 0.738. The highest BCUT2D eigenvalue weighted by atomic mass is 35.5. The molecule has 1 aromatic rings. The third-order valence-electron chi connectivity index (χ3n) is 1.31. The van der Waals surface area contributed by atoms with Crippen molar-refractivity contribution >= 4 is 30.6 Å². The van der Waals surface area contributed by atoms with E-state index < -0.39 is 0 Å². The highest BCUT2D eigenvalue weighted by molar-refractivity contribution is 5.97. The molecule has 0 spiro atoms. The van der Waals surface area contributed by atoms with Crippen LogP contribution in [0.4, 0.5) is 0 Å². The van der Waals surface area contributed by atoms with Crippen LogP contribution < -0.4 is 5.73 Å². The van der Waals surface area contributed by atoms with Crippen LogP contribution in [0.1, 0.15) is 5.56 Å². The third kappa shape index (κ3) is 3.60. The van der Waals surface area contributed by atoms with Crippen LogP contribution in [-0.4, -0.2) is 12.9 Å². The molecule has 2 N–H and O–H groups in total. The van der Waals surface area contributed by atoms with Crippen molar-refractivity contribution in [2.75, 3.05) is 7.05 Å². The van der Waals surface area contributed by atoms with E-state index in [4.69, 9.17) is 5.73 Å². The second-order valence-corrected chi connectivity index (χ2v) is 1.97. The summed E-state index contributed by atoms with van der Waals surface area (Å²) in [7, 11) is 1.68. The predicted molar refractivity (Wildman–Crippen MR) is 57.6 cm³/mol. The van der Waals surface area contributed by atoms with Crippen molar-refractivity contribution < 1.29 is 0 Å². The number of aliphatic imine (C=N–C) groups is 1. The Kier molecular flexibility index (Phi) is 8.01. The van der Waals surface area contributed by atoms with Gasteiger partial charge in [-0.15, -0.1) is 24.8 Å². The molecule has 0 aromatic heterocycles. The first-order chi connectivity index (χ1) is 4.84. The van der Waals surface area contributed by atoms with E-state index in [-0.39, 0.29) is 24.8 Å². The molecule has 0 aliphatic carbocycles. The van der Waals surface area contributed by atoms with Crippen LogP contribution in [0, 0.1) is 0 Å². The molecule has 0 fully saturated rings. The van der Waals surface area contributed by atoms with Crippen LogP contribution in [0.25, 0.3) is 0 Å². The average Bonchev–Trinajstić information content (AvgIpc) is 2.05. The quantitative estimate of drug-likeness (QED) is 0.554. The van der Waals surface area contributed by atoms with E-state index in [0.717, 1.165) is 5.56 Å². The zero-order valence-electron chi connectivity index (χ0n) is 6.73. The minimum Gasteiger partial charge on any atom is -0.384 e. The average molecular weight is 207 g/mol. The topological polar surface area (TPSA) is 38.4 Å². The van der Waals surface area contributed by atoms with Gasteiger partial charge in [0.2, 0.25) is 0 Å². The van der Waals surface area contributed by atoms with Crippen LogP contribution in [0.3, 0.4) is 0 Å². The predicted octanol–water partition coefficient (Wildman–Crippen LogP) is 1.87. The molecule has 0 aliphatic rings. The Morgan fingerprint density at radius 1 is 1.17 bits per heavy atom. The normalized spacial score (nSPS) is 9.58. The van der Waals surface area contributed by atoms with Gasteiger partial charge in [0.05, 0.1) is 0 Å². The number of nitrogens with zero attached hydrogens (tertiary/aromatic N) is 1. The minimum absolute atomic E-state index is 0. The van der Waals surface area contributed by atoms with Crippen molar-refractivity contribution in [2.24, 2.45) is 10.7 Å². The summed E-state index contributed by atoms with van der Waals surface area (Å²) in [6.07, 6.45) is 0. The molecule has 2 nitrogen and oxygen atoms in total. The summed E-state index contributed by atoms with van der Waals surface area (Å²) in [5.41, 5.74) is 6.52. The lowest BCUT2D eigenvalue weighted by Crippen LogP contribution is -2.12. The summed E-state index contributed by atoms with van der Waals surface area (Å²) in [6, 6.07) is 9.69. The first-order valence-corrected chi connectivity index (χ1v) is 3.12. The Hall–Kier alpha value is -0.730. The maximum absolute atomic E-state index is 5.54. The van der Waals surface area contributed by atoms with E-state index in [9.17, 15) is 0 Å². The molecule has 4 heteroatoms. The molecule has 68 valence electrons. The molecule has 1 aromatic carbocycles. The van der Waals surface area contributed by atoms with Crippen molar-refractivity contribution in [3.63, 3.8) is 0 Å². The summed E-state index contributed by atoms with van der Waals surface area (Å²) < 4.78 is 0. The van der Waals surface area contributed by atoms with Crippen molar-refractivity contribution in [3.05, 3.63) is 35.9 Å². The van der Waals surface area contributed by atoms with E-state index in [0.29, 0.717) is 5.84 Å². The molecule has 0 amide bonds. The number of rotatable bonds is 1. The highest BCUT2D eigenvalue weighted by Crippen LogP contribution is 1.96. The molecular formula is C8H12Cl2N2. The summed E-state index contributed by atoms with van der Waals surface area (Å²) in [4.78, 5) is 3.85. The van der Waals surface area contributed by atoms with E-state index >= 15 is 0 Å². The van der Waals surface area contributed by atoms with Gasteiger partial charge in [0.25, 0.3) is 0 Å². The Balaban J connectivity index is 0. The Labute approximate surface area is 84.7 Å². The molecule has 12 heavy (non-hydrogen) atoms. The van der Waals surface area contributed by atoms with Crippen molar-refractivity contribution in [2.45, 2.75) is 0 Å². The molecule has 0 heterocycles. The Morgan fingerprint density at radius 2 is 1.67 bits per heavy atom. The molecule has 0 atom stereocenters. The van der Waals surface area contributed by atoms with Gasteiger partial charge in [0.15, 0.2) is 0 Å². The van der Waals surface area contributed by atoms with Gasteiger partial charge in [-0.3, -0.25) is 4.99 Å².